The average molecular weight is 269 g/mol. The summed E-state index contributed by atoms with van der Waals surface area (Å²) in [5, 5.41) is 3.40. The lowest BCUT2D eigenvalue weighted by molar-refractivity contribution is 0.310. The van der Waals surface area contributed by atoms with Gasteiger partial charge >= 0.3 is 0 Å². The van der Waals surface area contributed by atoms with Crippen LogP contribution in [0.5, 0.6) is 5.75 Å². The van der Waals surface area contributed by atoms with E-state index in [-0.39, 0.29) is 6.04 Å². The molecule has 2 nitrogen and oxygen atoms in total. The Morgan fingerprint density at radius 3 is 2.40 bits per heavy atom. The fraction of sp³-hybridized carbons (Fsp3) is 0.333. The molecule has 2 aromatic carbocycles. The molecule has 0 aliphatic carbocycles. The summed E-state index contributed by atoms with van der Waals surface area (Å²) in [6.07, 6.45) is 1.99. The Morgan fingerprint density at radius 1 is 1.00 bits per heavy atom. The first-order valence-corrected chi connectivity index (χ1v) is 7.28. The zero-order valence-electron chi connectivity index (χ0n) is 12.3. The van der Waals surface area contributed by atoms with Gasteiger partial charge in [0.05, 0.1) is 6.61 Å². The lowest BCUT2D eigenvalue weighted by Crippen LogP contribution is -2.19. The van der Waals surface area contributed by atoms with Crippen LogP contribution in [0.2, 0.25) is 0 Å². The van der Waals surface area contributed by atoms with Gasteiger partial charge in [0.15, 0.2) is 0 Å². The minimum atomic E-state index is 0.269. The van der Waals surface area contributed by atoms with Crippen molar-refractivity contribution in [2.24, 2.45) is 0 Å². The quantitative estimate of drug-likeness (QED) is 0.821. The van der Waals surface area contributed by atoms with Gasteiger partial charge < -0.3 is 10.1 Å². The second kappa shape index (κ2) is 7.71. The lowest BCUT2D eigenvalue weighted by Gasteiger charge is -2.20. The van der Waals surface area contributed by atoms with Crippen molar-refractivity contribution in [1.82, 2.24) is 5.32 Å². The Balaban J connectivity index is 2.18. The van der Waals surface area contributed by atoms with E-state index in [4.69, 9.17) is 4.74 Å². The summed E-state index contributed by atoms with van der Waals surface area (Å²) in [5.74, 6) is 0.990. The van der Waals surface area contributed by atoms with E-state index in [1.54, 1.807) is 0 Å². The summed E-state index contributed by atoms with van der Waals surface area (Å²) >= 11 is 0. The molecule has 0 aliphatic heterocycles. The van der Waals surface area contributed by atoms with Gasteiger partial charge in [-0.2, -0.15) is 0 Å². The highest BCUT2D eigenvalue weighted by molar-refractivity contribution is 5.37. The first-order chi connectivity index (χ1) is 9.85. The fourth-order valence-corrected chi connectivity index (χ4v) is 2.33. The standard InChI is InChI=1S/C18H23NO/c1-3-13-20-18-12-8-7-11-16(18)17(19-2)14-15-9-5-4-6-10-15/h4-12,17,19H,3,13-14H2,1-2H3. The van der Waals surface area contributed by atoms with Gasteiger partial charge in [0.2, 0.25) is 0 Å². The summed E-state index contributed by atoms with van der Waals surface area (Å²) in [6.45, 7) is 2.89. The molecule has 0 spiro atoms. The van der Waals surface area contributed by atoms with Crippen LogP contribution >= 0.6 is 0 Å². The molecule has 1 N–H and O–H groups in total. The zero-order chi connectivity index (χ0) is 14.2. The highest BCUT2D eigenvalue weighted by atomic mass is 16.5. The summed E-state index contributed by atoms with van der Waals surface area (Å²) in [4.78, 5) is 0. The van der Waals surface area contributed by atoms with Crippen LogP contribution in [0.4, 0.5) is 0 Å². The van der Waals surface area contributed by atoms with Crippen LogP contribution in [0.3, 0.4) is 0 Å². The molecule has 0 fully saturated rings. The third-order valence-electron chi connectivity index (χ3n) is 3.39. The van der Waals surface area contributed by atoms with E-state index in [0.29, 0.717) is 0 Å². The summed E-state index contributed by atoms with van der Waals surface area (Å²) in [7, 11) is 2.00. The van der Waals surface area contributed by atoms with Gasteiger partial charge in [0.1, 0.15) is 5.75 Å². The maximum Gasteiger partial charge on any atom is 0.124 e. The summed E-state index contributed by atoms with van der Waals surface area (Å²) in [6, 6.07) is 19.1. The third-order valence-corrected chi connectivity index (χ3v) is 3.39. The number of likely N-dealkylation sites (N-methyl/N-ethyl adjacent to an activating group) is 1. The molecule has 2 aromatic rings. The Labute approximate surface area is 121 Å². The maximum absolute atomic E-state index is 5.87. The van der Waals surface area contributed by atoms with E-state index in [1.807, 2.05) is 13.1 Å². The number of benzene rings is 2. The van der Waals surface area contributed by atoms with Crippen molar-refractivity contribution >= 4 is 0 Å². The van der Waals surface area contributed by atoms with Crippen LogP contribution in [0, 0.1) is 0 Å². The van der Waals surface area contributed by atoms with Gasteiger partial charge in [-0.3, -0.25) is 0 Å². The van der Waals surface area contributed by atoms with Gasteiger partial charge in [-0.05, 0) is 31.5 Å². The number of ether oxygens (including phenoxy) is 1. The van der Waals surface area contributed by atoms with Crippen LogP contribution in [0.1, 0.15) is 30.5 Å². The Kier molecular flexibility index (Phi) is 5.63. The third kappa shape index (κ3) is 3.84. The van der Waals surface area contributed by atoms with Crippen molar-refractivity contribution in [3.05, 3.63) is 65.7 Å². The first kappa shape index (κ1) is 14.6. The second-order valence-electron chi connectivity index (χ2n) is 4.92. The molecule has 1 atom stereocenters. The van der Waals surface area contributed by atoms with Gasteiger partial charge in [-0.25, -0.2) is 0 Å². The molecular weight excluding hydrogens is 246 g/mol. The molecule has 0 radical (unpaired) electrons. The molecular formula is C18H23NO. The number of nitrogens with one attached hydrogen (secondary N) is 1. The molecule has 0 saturated heterocycles. The van der Waals surface area contributed by atoms with Crippen LogP contribution in [-0.2, 0) is 6.42 Å². The molecule has 20 heavy (non-hydrogen) atoms. The smallest absolute Gasteiger partial charge is 0.124 e. The van der Waals surface area contributed by atoms with Gasteiger partial charge in [0, 0.05) is 11.6 Å². The van der Waals surface area contributed by atoms with E-state index in [9.17, 15) is 0 Å². The predicted octanol–water partition coefficient (Wildman–Crippen LogP) is 3.98. The number of rotatable bonds is 7. The SMILES string of the molecule is CCCOc1ccccc1C(Cc1ccccc1)NC. The average Bonchev–Trinajstić information content (AvgIpc) is 2.52. The molecule has 1 unspecified atom stereocenters. The Morgan fingerprint density at radius 2 is 1.70 bits per heavy atom. The minimum Gasteiger partial charge on any atom is -0.493 e. The Bertz CT molecular complexity index is 510. The van der Waals surface area contributed by atoms with Gasteiger partial charge in [-0.1, -0.05) is 55.5 Å². The minimum absolute atomic E-state index is 0.269. The molecule has 0 amide bonds. The largest absolute Gasteiger partial charge is 0.493 e. The number of hydrogen-bond acceptors (Lipinski definition) is 2. The van der Waals surface area contributed by atoms with E-state index in [2.05, 4.69) is 60.8 Å². The van der Waals surface area contributed by atoms with Crippen molar-refractivity contribution in [2.45, 2.75) is 25.8 Å². The lowest BCUT2D eigenvalue weighted by atomic mass is 9.98. The Hall–Kier alpha value is -1.80. The van der Waals surface area contributed by atoms with Crippen molar-refractivity contribution in [3.8, 4) is 5.75 Å². The molecule has 0 saturated carbocycles. The normalized spacial score (nSPS) is 12.1. The van der Waals surface area contributed by atoms with Crippen molar-refractivity contribution < 1.29 is 4.74 Å². The number of hydrogen-bond donors (Lipinski definition) is 1. The zero-order valence-corrected chi connectivity index (χ0v) is 12.3. The molecule has 2 heteroatoms. The molecule has 0 heterocycles. The second-order valence-corrected chi connectivity index (χ2v) is 4.92. The van der Waals surface area contributed by atoms with Crippen LogP contribution < -0.4 is 10.1 Å². The monoisotopic (exact) mass is 269 g/mol. The molecule has 0 aromatic heterocycles. The summed E-state index contributed by atoms with van der Waals surface area (Å²) in [5.41, 5.74) is 2.56. The molecule has 2 rings (SSSR count). The van der Waals surface area contributed by atoms with Crippen LogP contribution in [-0.4, -0.2) is 13.7 Å². The molecule has 0 bridgehead atoms. The van der Waals surface area contributed by atoms with Gasteiger partial charge in [0.25, 0.3) is 0 Å². The van der Waals surface area contributed by atoms with Crippen LogP contribution in [0.25, 0.3) is 0 Å². The van der Waals surface area contributed by atoms with E-state index >= 15 is 0 Å². The predicted molar refractivity (Wildman–Crippen MR) is 84.2 cm³/mol. The van der Waals surface area contributed by atoms with E-state index in [1.165, 1.54) is 11.1 Å². The van der Waals surface area contributed by atoms with Crippen LogP contribution in [0.15, 0.2) is 54.6 Å². The molecule has 106 valence electrons. The van der Waals surface area contributed by atoms with E-state index < -0.39 is 0 Å². The van der Waals surface area contributed by atoms with Crippen molar-refractivity contribution in [3.63, 3.8) is 0 Å². The number of para-hydroxylation sites is 1. The van der Waals surface area contributed by atoms with E-state index in [0.717, 1.165) is 25.2 Å². The highest BCUT2D eigenvalue weighted by Gasteiger charge is 2.14. The maximum atomic E-state index is 5.87. The summed E-state index contributed by atoms with van der Waals surface area (Å²) < 4.78 is 5.87. The fourth-order valence-electron chi connectivity index (χ4n) is 2.33. The van der Waals surface area contributed by atoms with Crippen molar-refractivity contribution in [1.29, 1.82) is 0 Å². The topological polar surface area (TPSA) is 21.3 Å². The highest BCUT2D eigenvalue weighted by Crippen LogP contribution is 2.27. The molecule has 0 aliphatic rings. The first-order valence-electron chi connectivity index (χ1n) is 7.28. The van der Waals surface area contributed by atoms with Gasteiger partial charge in [-0.15, -0.1) is 0 Å². The van der Waals surface area contributed by atoms with Crippen molar-refractivity contribution in [2.75, 3.05) is 13.7 Å².